The van der Waals surface area contributed by atoms with Crippen molar-refractivity contribution in [2.24, 2.45) is 5.92 Å². The van der Waals surface area contributed by atoms with E-state index in [9.17, 15) is 19.8 Å². The van der Waals surface area contributed by atoms with Crippen molar-refractivity contribution in [1.82, 2.24) is 0 Å². The van der Waals surface area contributed by atoms with Crippen LogP contribution in [0.25, 0.3) is 0 Å². The second-order valence-electron chi connectivity index (χ2n) is 7.80. The average molecular weight is 362 g/mol. The molecule has 0 fully saturated rings. The molecule has 0 saturated carbocycles. The number of phenolic OH excluding ortho intramolecular Hbond substituents is 1. The Bertz CT molecular complexity index is 677. The summed E-state index contributed by atoms with van der Waals surface area (Å²) in [4.78, 5) is 24.2. The molecule has 2 N–H and O–H groups in total. The number of rotatable bonds is 8. The van der Waals surface area contributed by atoms with Gasteiger partial charge < -0.3 is 19.7 Å². The van der Waals surface area contributed by atoms with E-state index < -0.39 is 17.6 Å². The number of ketones is 2. The average Bonchev–Trinajstić information content (AvgIpc) is 2.51. The van der Waals surface area contributed by atoms with Gasteiger partial charge in [-0.3, -0.25) is 4.79 Å². The predicted molar refractivity (Wildman–Crippen MR) is 99.8 cm³/mol. The molecule has 1 aliphatic heterocycles. The zero-order valence-electron chi connectivity index (χ0n) is 16.2. The van der Waals surface area contributed by atoms with Gasteiger partial charge in [-0.05, 0) is 57.7 Å². The summed E-state index contributed by atoms with van der Waals surface area (Å²) in [5.41, 5.74) is 0.152. The molecule has 144 valence electrons. The molecule has 0 saturated heterocycles. The van der Waals surface area contributed by atoms with E-state index in [1.54, 1.807) is 19.9 Å². The molecule has 2 atom stereocenters. The number of aliphatic hydroxyl groups is 1. The molecule has 1 heterocycles. The molecule has 2 rings (SSSR count). The summed E-state index contributed by atoms with van der Waals surface area (Å²) in [6.45, 7) is 7.11. The third-order valence-electron chi connectivity index (χ3n) is 5.04. The molecule has 0 radical (unpaired) electrons. The van der Waals surface area contributed by atoms with Gasteiger partial charge in [-0.2, -0.15) is 0 Å². The molecule has 1 aromatic rings. The minimum absolute atomic E-state index is 0.0361. The quantitative estimate of drug-likeness (QED) is 0.687. The predicted octanol–water partition coefficient (Wildman–Crippen LogP) is 3.82. The SMILES string of the molecule is CCCCCc1cc(O)c2c(c1)OC(C)(C)[C@H]([C@H](O)CCC(C)=O)C2=O. The van der Waals surface area contributed by atoms with Gasteiger partial charge in [-0.1, -0.05) is 19.8 Å². The monoisotopic (exact) mass is 362 g/mol. The summed E-state index contributed by atoms with van der Waals surface area (Å²) < 4.78 is 6.03. The van der Waals surface area contributed by atoms with E-state index in [1.807, 2.05) is 6.07 Å². The molecule has 5 nitrogen and oxygen atoms in total. The molecule has 0 unspecified atom stereocenters. The van der Waals surface area contributed by atoms with E-state index in [1.165, 1.54) is 6.92 Å². The van der Waals surface area contributed by atoms with Gasteiger partial charge in [0.1, 0.15) is 28.4 Å². The molecule has 5 heteroatoms. The van der Waals surface area contributed by atoms with Crippen molar-refractivity contribution in [2.75, 3.05) is 0 Å². The van der Waals surface area contributed by atoms with Crippen molar-refractivity contribution < 1.29 is 24.5 Å². The van der Waals surface area contributed by atoms with E-state index in [0.717, 1.165) is 31.2 Å². The normalized spacial score (nSPS) is 19.6. The van der Waals surface area contributed by atoms with Crippen molar-refractivity contribution >= 4 is 11.6 Å². The molecule has 0 aromatic heterocycles. The Balaban J connectivity index is 2.31. The van der Waals surface area contributed by atoms with Crippen molar-refractivity contribution in [2.45, 2.75) is 77.9 Å². The lowest BCUT2D eigenvalue weighted by molar-refractivity contribution is -0.118. The lowest BCUT2D eigenvalue weighted by Gasteiger charge is -2.41. The van der Waals surface area contributed by atoms with Gasteiger partial charge in [0.25, 0.3) is 0 Å². The number of Topliss-reactive ketones (excluding diaryl/α,β-unsaturated/α-hetero) is 2. The van der Waals surface area contributed by atoms with Crippen LogP contribution < -0.4 is 4.74 Å². The molecule has 1 aliphatic rings. The second kappa shape index (κ2) is 8.21. The van der Waals surface area contributed by atoms with E-state index in [2.05, 4.69) is 6.92 Å². The van der Waals surface area contributed by atoms with Gasteiger partial charge in [0, 0.05) is 6.42 Å². The maximum Gasteiger partial charge on any atom is 0.180 e. The van der Waals surface area contributed by atoms with Gasteiger partial charge in [-0.15, -0.1) is 0 Å². The zero-order chi connectivity index (χ0) is 19.5. The number of aromatic hydroxyl groups is 1. The Morgan fingerprint density at radius 3 is 2.62 bits per heavy atom. The van der Waals surface area contributed by atoms with E-state index >= 15 is 0 Å². The van der Waals surface area contributed by atoms with Crippen molar-refractivity contribution in [3.63, 3.8) is 0 Å². The van der Waals surface area contributed by atoms with Crippen molar-refractivity contribution in [3.05, 3.63) is 23.3 Å². The fraction of sp³-hybridized carbons (Fsp3) is 0.619. The number of hydrogen-bond donors (Lipinski definition) is 2. The molecule has 0 aliphatic carbocycles. The molecule has 0 spiro atoms. The number of aliphatic hydroxyl groups excluding tert-OH is 1. The van der Waals surface area contributed by atoms with Crippen LogP contribution in [-0.4, -0.2) is 33.5 Å². The standard InChI is InChI=1S/C21H30O5/c1-5-6-7-8-14-11-16(24)18-17(12-14)26-21(3,4)19(20(18)25)15(23)10-9-13(2)22/h11-12,15,19,23-24H,5-10H2,1-4H3/t15-,19-/m1/s1. The summed E-state index contributed by atoms with van der Waals surface area (Å²) in [6, 6.07) is 3.44. The number of fused-ring (bicyclic) bond motifs is 1. The van der Waals surface area contributed by atoms with Gasteiger partial charge in [0.15, 0.2) is 5.78 Å². The Kier molecular flexibility index (Phi) is 6.45. The van der Waals surface area contributed by atoms with Crippen LogP contribution in [0.2, 0.25) is 0 Å². The summed E-state index contributed by atoms with van der Waals surface area (Å²) >= 11 is 0. The number of carbonyl (C=O) groups excluding carboxylic acids is 2. The van der Waals surface area contributed by atoms with Crippen LogP contribution in [0.15, 0.2) is 12.1 Å². The fourth-order valence-corrected chi connectivity index (χ4v) is 3.68. The largest absolute Gasteiger partial charge is 0.507 e. The highest BCUT2D eigenvalue weighted by Crippen LogP contribution is 2.43. The van der Waals surface area contributed by atoms with Crippen molar-refractivity contribution in [3.8, 4) is 11.5 Å². The first-order valence-corrected chi connectivity index (χ1v) is 9.44. The minimum atomic E-state index is -1.00. The van der Waals surface area contributed by atoms with Crippen LogP contribution in [-0.2, 0) is 11.2 Å². The van der Waals surface area contributed by atoms with Gasteiger partial charge in [0.2, 0.25) is 0 Å². The summed E-state index contributed by atoms with van der Waals surface area (Å²) in [5, 5.41) is 20.9. The molecule has 1 aromatic carbocycles. The molecular formula is C21H30O5. The highest BCUT2D eigenvalue weighted by atomic mass is 16.5. The Labute approximate surface area is 155 Å². The van der Waals surface area contributed by atoms with E-state index in [0.29, 0.717) is 5.75 Å². The first-order chi connectivity index (χ1) is 12.2. The van der Waals surface area contributed by atoms with Crippen molar-refractivity contribution in [1.29, 1.82) is 0 Å². The van der Waals surface area contributed by atoms with Gasteiger partial charge >= 0.3 is 0 Å². The van der Waals surface area contributed by atoms with Crippen LogP contribution in [0, 0.1) is 5.92 Å². The fourth-order valence-electron chi connectivity index (χ4n) is 3.68. The first-order valence-electron chi connectivity index (χ1n) is 9.44. The maximum atomic E-state index is 13.0. The van der Waals surface area contributed by atoms with Crippen LogP contribution in [0.3, 0.4) is 0 Å². The van der Waals surface area contributed by atoms with Crippen LogP contribution in [0.4, 0.5) is 0 Å². The van der Waals surface area contributed by atoms with Crippen LogP contribution in [0.5, 0.6) is 11.5 Å². The van der Waals surface area contributed by atoms with Gasteiger partial charge in [-0.25, -0.2) is 0 Å². The van der Waals surface area contributed by atoms with E-state index in [-0.39, 0.29) is 35.7 Å². The first kappa shape index (κ1) is 20.4. The molecule has 0 amide bonds. The number of carbonyl (C=O) groups is 2. The number of unbranched alkanes of at least 4 members (excludes halogenated alkanes) is 2. The van der Waals surface area contributed by atoms with E-state index in [4.69, 9.17) is 4.74 Å². The highest BCUT2D eigenvalue weighted by molar-refractivity contribution is 6.04. The third-order valence-corrected chi connectivity index (χ3v) is 5.04. The summed E-state index contributed by atoms with van der Waals surface area (Å²) in [6.07, 6.45) is 3.44. The number of phenols is 1. The number of ether oxygens (including phenoxy) is 1. The lowest BCUT2D eigenvalue weighted by Crippen LogP contribution is -2.51. The number of benzene rings is 1. The lowest BCUT2D eigenvalue weighted by atomic mass is 9.76. The smallest absolute Gasteiger partial charge is 0.180 e. The highest BCUT2D eigenvalue weighted by Gasteiger charge is 2.48. The summed E-state index contributed by atoms with van der Waals surface area (Å²) in [7, 11) is 0. The second-order valence-corrected chi connectivity index (χ2v) is 7.80. The Morgan fingerprint density at radius 1 is 1.31 bits per heavy atom. The number of aryl methyl sites for hydroxylation is 1. The summed E-state index contributed by atoms with van der Waals surface area (Å²) in [5.74, 6) is -0.915. The molecule has 0 bridgehead atoms. The Morgan fingerprint density at radius 2 is 2.00 bits per heavy atom. The van der Waals surface area contributed by atoms with Gasteiger partial charge in [0.05, 0.1) is 12.0 Å². The molecule has 26 heavy (non-hydrogen) atoms. The maximum absolute atomic E-state index is 13.0. The third kappa shape index (κ3) is 4.44. The topological polar surface area (TPSA) is 83.8 Å². The van der Waals surface area contributed by atoms with Crippen LogP contribution in [0.1, 0.15) is 75.7 Å². The van der Waals surface area contributed by atoms with Crippen LogP contribution >= 0.6 is 0 Å². The Hall–Kier alpha value is -1.88. The minimum Gasteiger partial charge on any atom is -0.507 e. The number of hydrogen-bond acceptors (Lipinski definition) is 5. The molecular weight excluding hydrogens is 332 g/mol. The zero-order valence-corrected chi connectivity index (χ0v) is 16.2.